The molecule has 4 rings (SSSR count). The number of hydrogen-bond donors (Lipinski definition) is 2. The summed E-state index contributed by atoms with van der Waals surface area (Å²) in [6, 6.07) is 15.7. The van der Waals surface area contributed by atoms with Crippen molar-refractivity contribution in [1.82, 2.24) is 0 Å². The van der Waals surface area contributed by atoms with Crippen LogP contribution in [0, 0.1) is 0 Å². The van der Waals surface area contributed by atoms with Gasteiger partial charge in [0.25, 0.3) is 5.91 Å². The van der Waals surface area contributed by atoms with Gasteiger partial charge in [-0.1, -0.05) is 23.2 Å². The van der Waals surface area contributed by atoms with Crippen molar-refractivity contribution in [3.63, 3.8) is 0 Å². The van der Waals surface area contributed by atoms with E-state index >= 15 is 0 Å². The molecule has 1 aliphatic rings. The van der Waals surface area contributed by atoms with Crippen molar-refractivity contribution in [2.75, 3.05) is 4.90 Å². The average Bonchev–Trinajstić information content (AvgIpc) is 2.90. The SMILES string of the molecule is O=C1/C(=N\c2ccc(Cl)c(Cl)c2)c2cc(O)ccc2N1c1ccc(O)cc1. The van der Waals surface area contributed by atoms with E-state index in [0.717, 1.165) is 0 Å². The lowest BCUT2D eigenvalue weighted by Crippen LogP contribution is -2.25. The van der Waals surface area contributed by atoms with E-state index in [2.05, 4.69) is 4.99 Å². The Hall–Kier alpha value is -3.02. The van der Waals surface area contributed by atoms with Crippen molar-refractivity contribution in [3.05, 3.63) is 76.3 Å². The second-order valence-electron chi connectivity index (χ2n) is 5.92. The monoisotopic (exact) mass is 398 g/mol. The minimum absolute atomic E-state index is 0.0240. The van der Waals surface area contributed by atoms with E-state index < -0.39 is 0 Å². The van der Waals surface area contributed by atoms with E-state index in [1.54, 1.807) is 36.4 Å². The van der Waals surface area contributed by atoms with Gasteiger partial charge in [0.05, 0.1) is 21.4 Å². The zero-order valence-electron chi connectivity index (χ0n) is 13.7. The van der Waals surface area contributed by atoms with E-state index in [1.165, 1.54) is 29.2 Å². The number of aromatic hydroxyl groups is 2. The first-order valence-electron chi connectivity index (χ1n) is 7.94. The summed E-state index contributed by atoms with van der Waals surface area (Å²) in [6.45, 7) is 0. The van der Waals surface area contributed by atoms with E-state index in [4.69, 9.17) is 23.2 Å². The maximum atomic E-state index is 13.1. The molecular formula is C20H12Cl2N2O3. The van der Waals surface area contributed by atoms with E-state index in [0.29, 0.717) is 32.7 Å². The van der Waals surface area contributed by atoms with Gasteiger partial charge in [-0.2, -0.15) is 0 Å². The summed E-state index contributed by atoms with van der Waals surface area (Å²) >= 11 is 12.0. The first-order chi connectivity index (χ1) is 12.9. The highest BCUT2D eigenvalue weighted by molar-refractivity contribution is 6.56. The molecule has 2 N–H and O–H groups in total. The van der Waals surface area contributed by atoms with Crippen LogP contribution in [-0.2, 0) is 4.79 Å². The van der Waals surface area contributed by atoms with Crippen molar-refractivity contribution < 1.29 is 15.0 Å². The number of fused-ring (bicyclic) bond motifs is 1. The first kappa shape index (κ1) is 17.4. The molecule has 0 saturated heterocycles. The highest BCUT2D eigenvalue weighted by Gasteiger charge is 2.35. The highest BCUT2D eigenvalue weighted by Crippen LogP contribution is 2.39. The summed E-state index contributed by atoms with van der Waals surface area (Å²) in [7, 11) is 0. The number of benzene rings is 3. The fraction of sp³-hybridized carbons (Fsp3) is 0. The lowest BCUT2D eigenvalue weighted by atomic mass is 10.1. The second kappa shape index (κ2) is 6.61. The number of carbonyl (C=O) groups is 1. The Labute approximate surface area is 164 Å². The van der Waals surface area contributed by atoms with E-state index in [9.17, 15) is 15.0 Å². The summed E-state index contributed by atoms with van der Waals surface area (Å²) < 4.78 is 0. The van der Waals surface area contributed by atoms with Gasteiger partial charge in [-0.3, -0.25) is 9.69 Å². The molecule has 0 spiro atoms. The van der Waals surface area contributed by atoms with Gasteiger partial charge in [-0.05, 0) is 60.7 Å². The van der Waals surface area contributed by atoms with Gasteiger partial charge in [0.15, 0.2) is 0 Å². The lowest BCUT2D eigenvalue weighted by Gasteiger charge is -2.17. The number of anilines is 2. The highest BCUT2D eigenvalue weighted by atomic mass is 35.5. The quantitative estimate of drug-likeness (QED) is 0.622. The van der Waals surface area contributed by atoms with Crippen LogP contribution in [0.1, 0.15) is 5.56 Å². The molecule has 0 fully saturated rings. The number of hydrogen-bond acceptors (Lipinski definition) is 4. The van der Waals surface area contributed by atoms with Crippen LogP contribution in [0.15, 0.2) is 65.7 Å². The first-order valence-corrected chi connectivity index (χ1v) is 8.70. The predicted octanol–water partition coefficient (Wildman–Crippen LogP) is 5.20. The van der Waals surface area contributed by atoms with Crippen molar-refractivity contribution in [3.8, 4) is 11.5 Å². The maximum absolute atomic E-state index is 13.1. The molecule has 5 nitrogen and oxygen atoms in total. The third-order valence-corrected chi connectivity index (χ3v) is 4.87. The predicted molar refractivity (Wildman–Crippen MR) is 106 cm³/mol. The Kier molecular flexibility index (Phi) is 4.26. The van der Waals surface area contributed by atoms with Crippen LogP contribution in [-0.4, -0.2) is 21.8 Å². The molecule has 0 atom stereocenters. The van der Waals surface area contributed by atoms with Crippen molar-refractivity contribution in [1.29, 1.82) is 0 Å². The minimum atomic E-state index is -0.354. The average molecular weight is 399 g/mol. The molecule has 27 heavy (non-hydrogen) atoms. The number of carbonyl (C=O) groups excluding carboxylic acids is 1. The summed E-state index contributed by atoms with van der Waals surface area (Å²) in [4.78, 5) is 19.0. The molecule has 0 saturated carbocycles. The molecule has 7 heteroatoms. The maximum Gasteiger partial charge on any atom is 0.282 e. The van der Waals surface area contributed by atoms with Gasteiger partial charge in [-0.15, -0.1) is 0 Å². The van der Waals surface area contributed by atoms with Crippen molar-refractivity contribution in [2.45, 2.75) is 0 Å². The molecule has 0 radical (unpaired) electrons. The topological polar surface area (TPSA) is 73.1 Å². The summed E-state index contributed by atoms with van der Waals surface area (Å²) in [6.07, 6.45) is 0. The Morgan fingerprint density at radius 3 is 2.22 bits per heavy atom. The van der Waals surface area contributed by atoms with E-state index in [1.807, 2.05) is 0 Å². The van der Waals surface area contributed by atoms with Crippen LogP contribution in [0.3, 0.4) is 0 Å². The van der Waals surface area contributed by atoms with Crippen LogP contribution in [0.4, 0.5) is 17.1 Å². The number of phenolic OH excluding ortho intramolecular Hbond substituents is 2. The number of amides is 1. The van der Waals surface area contributed by atoms with Crippen molar-refractivity contribution in [2.24, 2.45) is 4.99 Å². The van der Waals surface area contributed by atoms with Crippen molar-refractivity contribution >= 4 is 51.9 Å². The number of halogens is 2. The van der Waals surface area contributed by atoms with Crippen LogP contribution in [0.25, 0.3) is 0 Å². The standard InChI is InChI=1S/C20H12Cl2N2O3/c21-16-7-1-11(9-17(16)22)23-19-15-10-14(26)6-8-18(15)24(20(19)27)12-2-4-13(25)5-3-12/h1-10,25-26H/b23-19-. The fourth-order valence-electron chi connectivity index (χ4n) is 2.89. The molecule has 1 heterocycles. The van der Waals surface area contributed by atoms with Gasteiger partial charge in [0, 0.05) is 11.3 Å². The fourth-order valence-corrected chi connectivity index (χ4v) is 3.18. The molecule has 134 valence electrons. The smallest absolute Gasteiger partial charge is 0.282 e. The number of aliphatic imine (C=N–C) groups is 1. The number of phenols is 2. The Morgan fingerprint density at radius 2 is 1.52 bits per heavy atom. The number of rotatable bonds is 2. The molecule has 1 amide bonds. The summed E-state index contributed by atoms with van der Waals surface area (Å²) in [5.74, 6) is -0.232. The van der Waals surface area contributed by atoms with Gasteiger partial charge < -0.3 is 10.2 Å². The van der Waals surface area contributed by atoms with Crippen LogP contribution in [0.5, 0.6) is 11.5 Å². The van der Waals surface area contributed by atoms with Gasteiger partial charge in [0.2, 0.25) is 0 Å². The van der Waals surface area contributed by atoms with Gasteiger partial charge >= 0.3 is 0 Å². The molecular weight excluding hydrogens is 387 g/mol. The Morgan fingerprint density at radius 1 is 0.815 bits per heavy atom. The minimum Gasteiger partial charge on any atom is -0.508 e. The molecule has 3 aromatic rings. The van der Waals surface area contributed by atoms with Crippen LogP contribution >= 0.6 is 23.2 Å². The largest absolute Gasteiger partial charge is 0.508 e. The molecule has 1 aliphatic heterocycles. The molecule has 0 aliphatic carbocycles. The second-order valence-corrected chi connectivity index (χ2v) is 6.73. The lowest BCUT2D eigenvalue weighted by molar-refractivity contribution is -0.111. The Bertz CT molecular complexity index is 1090. The molecule has 0 bridgehead atoms. The molecule has 3 aromatic carbocycles. The Balaban J connectivity index is 1.87. The van der Waals surface area contributed by atoms with Crippen LogP contribution in [0.2, 0.25) is 10.0 Å². The zero-order valence-corrected chi connectivity index (χ0v) is 15.2. The molecule has 0 unspecified atom stereocenters. The van der Waals surface area contributed by atoms with E-state index in [-0.39, 0.29) is 23.1 Å². The van der Waals surface area contributed by atoms with Gasteiger partial charge in [0.1, 0.15) is 17.2 Å². The summed E-state index contributed by atoms with van der Waals surface area (Å²) in [5.41, 5.74) is 2.30. The summed E-state index contributed by atoms with van der Waals surface area (Å²) in [5, 5.41) is 20.1. The third kappa shape index (κ3) is 3.12. The van der Waals surface area contributed by atoms with Crippen LogP contribution < -0.4 is 4.90 Å². The van der Waals surface area contributed by atoms with Gasteiger partial charge in [-0.25, -0.2) is 4.99 Å². The number of nitrogens with zero attached hydrogens (tertiary/aromatic N) is 2. The molecule has 0 aromatic heterocycles. The normalized spacial score (nSPS) is 14.7. The third-order valence-electron chi connectivity index (χ3n) is 4.13. The zero-order chi connectivity index (χ0) is 19.1.